The van der Waals surface area contributed by atoms with Gasteiger partial charge in [0.2, 0.25) is 0 Å². The van der Waals surface area contributed by atoms with Gasteiger partial charge in [-0.1, -0.05) is 17.3 Å². The molecule has 0 bridgehead atoms. The highest BCUT2D eigenvalue weighted by Gasteiger charge is 2.38. The molecule has 1 fully saturated rings. The fourth-order valence-electron chi connectivity index (χ4n) is 2.51. The number of para-hydroxylation sites is 2. The SMILES string of the molecule is CON=C1CCCCC1(C)Oc1ccccc1OC(F)(F)F. The summed E-state index contributed by atoms with van der Waals surface area (Å²) in [5.41, 5.74) is -0.123. The molecule has 1 unspecified atom stereocenters. The van der Waals surface area contributed by atoms with Crippen LogP contribution in [0.25, 0.3) is 0 Å². The minimum atomic E-state index is -4.77. The first-order valence-corrected chi connectivity index (χ1v) is 6.98. The molecule has 1 aromatic rings. The van der Waals surface area contributed by atoms with Crippen molar-refractivity contribution in [1.82, 2.24) is 0 Å². The van der Waals surface area contributed by atoms with Crippen molar-refractivity contribution in [3.05, 3.63) is 24.3 Å². The molecule has 1 aliphatic carbocycles. The Morgan fingerprint density at radius 3 is 2.45 bits per heavy atom. The minimum Gasteiger partial charge on any atom is -0.478 e. The van der Waals surface area contributed by atoms with Crippen LogP contribution in [-0.2, 0) is 4.84 Å². The summed E-state index contributed by atoms with van der Waals surface area (Å²) in [5, 5.41) is 3.97. The van der Waals surface area contributed by atoms with Gasteiger partial charge in [0.05, 0.1) is 0 Å². The Hall–Kier alpha value is -1.92. The molecular formula is C15H18F3NO3. The van der Waals surface area contributed by atoms with Gasteiger partial charge in [-0.15, -0.1) is 13.2 Å². The molecule has 0 aliphatic heterocycles. The number of hydrogen-bond donors (Lipinski definition) is 0. The summed E-state index contributed by atoms with van der Waals surface area (Å²) in [4.78, 5) is 4.82. The van der Waals surface area contributed by atoms with Crippen LogP contribution in [0.1, 0.15) is 32.6 Å². The number of alkyl halides is 3. The standard InChI is InChI=1S/C15H18F3NO3/c1-14(10-6-5-9-13(14)19-20-2)21-11-7-3-4-8-12(11)22-15(16,17)18/h3-4,7-8H,5-6,9-10H2,1-2H3. The van der Waals surface area contributed by atoms with Crippen molar-refractivity contribution in [3.8, 4) is 11.5 Å². The zero-order valence-electron chi connectivity index (χ0n) is 12.4. The van der Waals surface area contributed by atoms with Gasteiger partial charge in [-0.3, -0.25) is 0 Å². The zero-order chi connectivity index (χ0) is 16.2. The summed E-state index contributed by atoms with van der Waals surface area (Å²) in [5.74, 6) is -0.327. The van der Waals surface area contributed by atoms with Crippen LogP contribution in [0.5, 0.6) is 11.5 Å². The Labute approximate surface area is 126 Å². The van der Waals surface area contributed by atoms with Crippen molar-refractivity contribution < 1.29 is 27.5 Å². The number of benzene rings is 1. The third-order valence-corrected chi connectivity index (χ3v) is 3.54. The maximum atomic E-state index is 12.5. The van der Waals surface area contributed by atoms with Crippen LogP contribution < -0.4 is 9.47 Å². The lowest BCUT2D eigenvalue weighted by atomic mass is 9.84. The second-order valence-corrected chi connectivity index (χ2v) is 5.26. The van der Waals surface area contributed by atoms with Crippen LogP contribution in [0.15, 0.2) is 29.4 Å². The highest BCUT2D eigenvalue weighted by molar-refractivity contribution is 5.92. The van der Waals surface area contributed by atoms with E-state index in [0.717, 1.165) is 12.8 Å². The molecule has 1 aliphatic rings. The molecule has 0 heterocycles. The largest absolute Gasteiger partial charge is 0.573 e. The molecule has 0 spiro atoms. The molecule has 1 aromatic carbocycles. The molecule has 0 radical (unpaired) electrons. The number of rotatable bonds is 4. The predicted octanol–water partition coefficient (Wildman–Crippen LogP) is 4.30. The van der Waals surface area contributed by atoms with Gasteiger partial charge < -0.3 is 14.3 Å². The van der Waals surface area contributed by atoms with Gasteiger partial charge in [0.25, 0.3) is 0 Å². The van der Waals surface area contributed by atoms with Crippen LogP contribution in [0.3, 0.4) is 0 Å². The molecular weight excluding hydrogens is 299 g/mol. The quantitative estimate of drug-likeness (QED) is 0.777. The fourth-order valence-corrected chi connectivity index (χ4v) is 2.51. The van der Waals surface area contributed by atoms with E-state index in [1.54, 1.807) is 13.0 Å². The molecule has 1 atom stereocenters. The molecule has 22 heavy (non-hydrogen) atoms. The van der Waals surface area contributed by atoms with E-state index in [2.05, 4.69) is 9.89 Å². The Balaban J connectivity index is 2.27. The van der Waals surface area contributed by atoms with E-state index in [9.17, 15) is 13.2 Å². The lowest BCUT2D eigenvalue weighted by Gasteiger charge is -2.35. The van der Waals surface area contributed by atoms with Crippen LogP contribution in [0.4, 0.5) is 13.2 Å². The first kappa shape index (κ1) is 16.5. The number of ether oxygens (including phenoxy) is 2. The molecule has 1 saturated carbocycles. The molecule has 2 rings (SSSR count). The smallest absolute Gasteiger partial charge is 0.478 e. The number of oxime groups is 1. The van der Waals surface area contributed by atoms with E-state index in [-0.39, 0.29) is 11.5 Å². The number of hydrogen-bond acceptors (Lipinski definition) is 4. The van der Waals surface area contributed by atoms with Crippen molar-refractivity contribution >= 4 is 5.71 Å². The highest BCUT2D eigenvalue weighted by Crippen LogP contribution is 2.37. The highest BCUT2D eigenvalue weighted by atomic mass is 19.4. The summed E-state index contributed by atoms with van der Waals surface area (Å²) in [6.45, 7) is 1.80. The van der Waals surface area contributed by atoms with Gasteiger partial charge in [-0.25, -0.2) is 0 Å². The molecule has 4 nitrogen and oxygen atoms in total. The Kier molecular flexibility index (Phi) is 4.83. The van der Waals surface area contributed by atoms with Gasteiger partial charge in [-0.05, 0) is 44.7 Å². The van der Waals surface area contributed by atoms with E-state index in [1.807, 2.05) is 0 Å². The molecule has 0 N–H and O–H groups in total. The maximum absolute atomic E-state index is 12.5. The summed E-state index contributed by atoms with van der Waals surface area (Å²) < 4.78 is 47.3. The first-order valence-electron chi connectivity index (χ1n) is 6.98. The summed E-state index contributed by atoms with van der Waals surface area (Å²) in [7, 11) is 1.43. The van der Waals surface area contributed by atoms with E-state index < -0.39 is 12.0 Å². The minimum absolute atomic E-state index is 0.0352. The van der Waals surface area contributed by atoms with E-state index >= 15 is 0 Å². The fraction of sp³-hybridized carbons (Fsp3) is 0.533. The van der Waals surface area contributed by atoms with Crippen LogP contribution in [0.2, 0.25) is 0 Å². The van der Waals surface area contributed by atoms with Gasteiger partial charge in [0.15, 0.2) is 11.5 Å². The first-order chi connectivity index (χ1) is 10.3. The van der Waals surface area contributed by atoms with Crippen LogP contribution in [-0.4, -0.2) is 24.8 Å². The number of nitrogens with zero attached hydrogens (tertiary/aromatic N) is 1. The molecule has 0 amide bonds. The number of halogens is 3. The topological polar surface area (TPSA) is 40.0 Å². The van der Waals surface area contributed by atoms with Gasteiger partial charge in [0.1, 0.15) is 18.4 Å². The molecule has 122 valence electrons. The molecule has 0 aromatic heterocycles. The van der Waals surface area contributed by atoms with Crippen molar-refractivity contribution in [2.24, 2.45) is 5.16 Å². The monoisotopic (exact) mass is 317 g/mol. The van der Waals surface area contributed by atoms with E-state index in [4.69, 9.17) is 9.57 Å². The van der Waals surface area contributed by atoms with Gasteiger partial charge in [0, 0.05) is 0 Å². The lowest BCUT2D eigenvalue weighted by Crippen LogP contribution is -2.44. The summed E-state index contributed by atoms with van der Waals surface area (Å²) in [6, 6.07) is 5.73. The van der Waals surface area contributed by atoms with Crippen molar-refractivity contribution in [2.75, 3.05) is 7.11 Å². The molecule has 7 heteroatoms. The average molecular weight is 317 g/mol. The maximum Gasteiger partial charge on any atom is 0.573 e. The second-order valence-electron chi connectivity index (χ2n) is 5.26. The normalized spacial score (nSPS) is 24.1. The van der Waals surface area contributed by atoms with E-state index in [0.29, 0.717) is 18.6 Å². The zero-order valence-corrected chi connectivity index (χ0v) is 12.4. The molecule has 0 saturated heterocycles. The van der Waals surface area contributed by atoms with Crippen molar-refractivity contribution in [2.45, 2.75) is 44.6 Å². The Morgan fingerprint density at radius 1 is 1.14 bits per heavy atom. The van der Waals surface area contributed by atoms with Crippen molar-refractivity contribution in [1.29, 1.82) is 0 Å². The van der Waals surface area contributed by atoms with Gasteiger partial charge >= 0.3 is 6.36 Å². The van der Waals surface area contributed by atoms with Crippen LogP contribution in [0, 0.1) is 0 Å². The van der Waals surface area contributed by atoms with Crippen molar-refractivity contribution in [3.63, 3.8) is 0 Å². The van der Waals surface area contributed by atoms with Gasteiger partial charge in [-0.2, -0.15) is 0 Å². The summed E-state index contributed by atoms with van der Waals surface area (Å²) >= 11 is 0. The Bertz CT molecular complexity index is 545. The van der Waals surface area contributed by atoms with E-state index in [1.165, 1.54) is 25.3 Å². The Morgan fingerprint density at radius 2 is 1.82 bits per heavy atom. The third kappa shape index (κ3) is 4.05. The predicted molar refractivity (Wildman–Crippen MR) is 75.1 cm³/mol. The average Bonchev–Trinajstić information content (AvgIpc) is 2.42. The van der Waals surface area contributed by atoms with Crippen LogP contribution >= 0.6 is 0 Å². The lowest BCUT2D eigenvalue weighted by molar-refractivity contribution is -0.275. The third-order valence-electron chi connectivity index (χ3n) is 3.54. The summed E-state index contributed by atoms with van der Waals surface area (Å²) in [6.07, 6.45) is -1.58. The second kappa shape index (κ2) is 6.46.